The van der Waals surface area contributed by atoms with E-state index in [4.69, 9.17) is 11.6 Å². The monoisotopic (exact) mass is 387 g/mol. The van der Waals surface area contributed by atoms with Crippen molar-refractivity contribution in [3.05, 3.63) is 59.0 Å². The van der Waals surface area contributed by atoms with Crippen molar-refractivity contribution in [3.8, 4) is 11.4 Å². The number of carbonyl (C=O) groups is 1. The highest BCUT2D eigenvalue weighted by Crippen LogP contribution is 2.41. The highest BCUT2D eigenvalue weighted by Gasteiger charge is 2.27. The first kappa shape index (κ1) is 16.9. The largest absolute Gasteiger partial charge is 0.339 e. The topological polar surface area (TPSA) is 54.9 Å². The zero-order valence-electron chi connectivity index (χ0n) is 15.1. The van der Waals surface area contributed by atoms with Crippen molar-refractivity contribution in [2.75, 3.05) is 13.1 Å². The lowest BCUT2D eigenvalue weighted by atomic mass is 10.1. The number of rotatable bonds is 2. The van der Waals surface area contributed by atoms with E-state index in [1.807, 2.05) is 45.8 Å². The van der Waals surface area contributed by atoms with Gasteiger partial charge in [0.25, 0.3) is 5.91 Å². The number of likely N-dealkylation sites (tertiary alicyclic amines) is 1. The van der Waals surface area contributed by atoms with Crippen molar-refractivity contribution in [1.29, 1.82) is 0 Å². The Bertz CT molecular complexity index is 1230. The summed E-state index contributed by atoms with van der Waals surface area (Å²) in [4.78, 5) is 29.2. The maximum Gasteiger partial charge on any atom is 0.253 e. The number of thiophene rings is 1. The molecule has 138 valence electrons. The zero-order valence-corrected chi connectivity index (χ0v) is 15.9. The minimum Gasteiger partial charge on any atom is -0.339 e. The van der Waals surface area contributed by atoms with Crippen molar-refractivity contribution in [1.82, 2.24) is 19.3 Å². The van der Waals surface area contributed by atoms with Gasteiger partial charge in [-0.25, -0.2) is 14.8 Å². The lowest BCUT2D eigenvalue weighted by molar-refractivity contribution is 0.0730. The normalized spacial score (nSPS) is 14.5. The van der Waals surface area contributed by atoms with E-state index in [1.54, 1.807) is 6.20 Å². The minimum atomic E-state index is -0.0559. The van der Waals surface area contributed by atoms with E-state index >= 15 is 0 Å². The van der Waals surface area contributed by atoms with Crippen molar-refractivity contribution < 1.29 is 4.79 Å². The SMILES string of the molecule is [C-]#[N+]c1c(C(=O)N2CCCCC2)sc2nc(-c3ccccc3)n3ccnc3c12. The average molecular weight is 387 g/mol. The molecular weight excluding hydrogens is 370 g/mol. The molecule has 0 atom stereocenters. The minimum absolute atomic E-state index is 0.0559. The number of nitrogens with zero attached hydrogens (tertiary/aromatic N) is 5. The van der Waals surface area contributed by atoms with E-state index in [-0.39, 0.29) is 5.91 Å². The molecule has 0 saturated carbocycles. The summed E-state index contributed by atoms with van der Waals surface area (Å²) >= 11 is 1.31. The fourth-order valence-electron chi connectivity index (χ4n) is 3.78. The summed E-state index contributed by atoms with van der Waals surface area (Å²) in [6, 6.07) is 9.89. The van der Waals surface area contributed by atoms with Crippen LogP contribution < -0.4 is 0 Å². The summed E-state index contributed by atoms with van der Waals surface area (Å²) < 4.78 is 1.90. The van der Waals surface area contributed by atoms with Gasteiger partial charge in [-0.15, -0.1) is 11.3 Å². The Balaban J connectivity index is 1.75. The maximum absolute atomic E-state index is 13.1. The molecule has 1 amide bonds. The molecule has 1 aliphatic heterocycles. The fourth-order valence-corrected chi connectivity index (χ4v) is 4.86. The highest BCUT2D eigenvalue weighted by molar-refractivity contribution is 7.21. The second-order valence-corrected chi connectivity index (χ2v) is 7.85. The van der Waals surface area contributed by atoms with Gasteiger partial charge >= 0.3 is 0 Å². The van der Waals surface area contributed by atoms with E-state index in [0.717, 1.165) is 43.7 Å². The summed E-state index contributed by atoms with van der Waals surface area (Å²) in [5.74, 6) is 0.704. The highest BCUT2D eigenvalue weighted by atomic mass is 32.1. The third-order valence-corrected chi connectivity index (χ3v) is 6.21. The van der Waals surface area contributed by atoms with Crippen LogP contribution in [0.1, 0.15) is 28.9 Å². The number of benzene rings is 1. The van der Waals surface area contributed by atoms with Crippen LogP contribution in [0.3, 0.4) is 0 Å². The predicted octanol–water partition coefficient (Wildman–Crippen LogP) is 4.79. The van der Waals surface area contributed by atoms with Crippen LogP contribution in [0.5, 0.6) is 0 Å². The molecule has 4 aromatic rings. The van der Waals surface area contributed by atoms with Crippen molar-refractivity contribution in [2.45, 2.75) is 19.3 Å². The number of hydrogen-bond donors (Lipinski definition) is 0. The number of amides is 1. The molecule has 28 heavy (non-hydrogen) atoms. The van der Waals surface area contributed by atoms with Crippen LogP contribution in [0.25, 0.3) is 32.1 Å². The van der Waals surface area contributed by atoms with Crippen LogP contribution in [0.4, 0.5) is 5.69 Å². The molecule has 0 bridgehead atoms. The van der Waals surface area contributed by atoms with Crippen LogP contribution in [0.2, 0.25) is 0 Å². The molecule has 0 radical (unpaired) electrons. The van der Waals surface area contributed by atoms with Crippen molar-refractivity contribution in [2.24, 2.45) is 0 Å². The molecule has 1 fully saturated rings. The van der Waals surface area contributed by atoms with Crippen molar-refractivity contribution in [3.63, 3.8) is 0 Å². The van der Waals surface area contributed by atoms with Gasteiger partial charge in [-0.1, -0.05) is 30.3 Å². The van der Waals surface area contributed by atoms with Crippen LogP contribution in [0.15, 0.2) is 42.7 Å². The Morgan fingerprint density at radius 1 is 1.14 bits per heavy atom. The fraction of sp³-hybridized carbons (Fsp3) is 0.238. The van der Waals surface area contributed by atoms with Crippen molar-refractivity contribution >= 4 is 38.8 Å². The second-order valence-electron chi connectivity index (χ2n) is 6.85. The third-order valence-electron chi connectivity index (χ3n) is 5.15. The van der Waals surface area contributed by atoms with Gasteiger partial charge < -0.3 is 4.90 Å². The molecule has 1 aliphatic rings. The summed E-state index contributed by atoms with van der Waals surface area (Å²) in [5, 5.41) is 0.671. The van der Waals surface area contributed by atoms with Gasteiger partial charge in [-0.2, -0.15) is 0 Å². The zero-order chi connectivity index (χ0) is 19.1. The Hall–Kier alpha value is -3.24. The van der Waals surface area contributed by atoms with Gasteiger partial charge in [0.2, 0.25) is 5.69 Å². The molecular formula is C21H17N5OS. The number of aromatic nitrogens is 3. The molecule has 1 saturated heterocycles. The lowest BCUT2D eigenvalue weighted by Gasteiger charge is -2.26. The Morgan fingerprint density at radius 3 is 2.68 bits per heavy atom. The lowest BCUT2D eigenvalue weighted by Crippen LogP contribution is -2.35. The number of piperidine rings is 1. The average Bonchev–Trinajstić information content (AvgIpc) is 3.38. The summed E-state index contributed by atoms with van der Waals surface area (Å²) in [6.07, 6.45) is 6.75. The van der Waals surface area contributed by atoms with Gasteiger partial charge in [0.05, 0.1) is 12.0 Å². The number of hydrogen-bond acceptors (Lipinski definition) is 4. The molecule has 5 rings (SSSR count). The number of carbonyl (C=O) groups excluding carboxylic acids is 1. The molecule has 0 N–H and O–H groups in total. The molecule has 6 nitrogen and oxygen atoms in total. The van der Waals surface area contributed by atoms with Crippen LogP contribution in [-0.4, -0.2) is 38.3 Å². The van der Waals surface area contributed by atoms with Gasteiger partial charge in [0, 0.05) is 31.0 Å². The first-order chi connectivity index (χ1) is 13.8. The standard InChI is InChI=1S/C21H17N5OS/c1-22-16-15-19-23-10-13-26(19)18(14-8-4-2-5-9-14)24-20(15)28-17(16)21(27)25-11-6-3-7-12-25/h2,4-5,8-10,13H,3,6-7,11-12H2. The van der Waals surface area contributed by atoms with Gasteiger partial charge in [0.15, 0.2) is 0 Å². The first-order valence-corrected chi connectivity index (χ1v) is 10.1. The maximum atomic E-state index is 13.1. The summed E-state index contributed by atoms with van der Waals surface area (Å²) in [6.45, 7) is 9.24. The molecule has 1 aromatic carbocycles. The van der Waals surface area contributed by atoms with Gasteiger partial charge in [0.1, 0.15) is 21.2 Å². The Labute approximate surface area is 165 Å². The first-order valence-electron chi connectivity index (χ1n) is 9.29. The van der Waals surface area contributed by atoms with E-state index in [0.29, 0.717) is 26.4 Å². The van der Waals surface area contributed by atoms with Crippen LogP contribution >= 0.6 is 11.3 Å². The summed E-state index contributed by atoms with van der Waals surface area (Å²) in [5.41, 5.74) is 2.01. The van der Waals surface area contributed by atoms with E-state index in [9.17, 15) is 4.79 Å². The molecule has 0 aliphatic carbocycles. The van der Waals surface area contributed by atoms with E-state index < -0.39 is 0 Å². The van der Waals surface area contributed by atoms with E-state index in [1.165, 1.54) is 11.3 Å². The van der Waals surface area contributed by atoms with Gasteiger partial charge in [-0.05, 0) is 19.3 Å². The predicted molar refractivity (Wildman–Crippen MR) is 110 cm³/mol. The molecule has 4 heterocycles. The second kappa shape index (κ2) is 6.73. The van der Waals surface area contributed by atoms with Crippen LogP contribution in [0, 0.1) is 6.57 Å². The molecule has 7 heteroatoms. The third kappa shape index (κ3) is 2.57. The Kier molecular flexibility index (Phi) is 4.06. The quantitative estimate of drug-likeness (QED) is 0.465. The number of fused-ring (bicyclic) bond motifs is 3. The van der Waals surface area contributed by atoms with Crippen LogP contribution in [-0.2, 0) is 0 Å². The number of imidazole rings is 1. The molecule has 3 aromatic heterocycles. The molecule has 0 unspecified atom stereocenters. The smallest absolute Gasteiger partial charge is 0.253 e. The summed E-state index contributed by atoms with van der Waals surface area (Å²) in [7, 11) is 0. The Morgan fingerprint density at radius 2 is 1.93 bits per heavy atom. The van der Waals surface area contributed by atoms with E-state index in [2.05, 4.69) is 9.83 Å². The van der Waals surface area contributed by atoms with Gasteiger partial charge in [-0.3, -0.25) is 9.20 Å². The molecule has 0 spiro atoms.